The van der Waals surface area contributed by atoms with Crippen LogP contribution in [0.5, 0.6) is 11.5 Å². The molecule has 1 aliphatic heterocycles. The van der Waals surface area contributed by atoms with Crippen molar-refractivity contribution in [3.8, 4) is 11.5 Å². The first-order chi connectivity index (χ1) is 9.98. The van der Waals surface area contributed by atoms with E-state index < -0.39 is 15.6 Å². The highest BCUT2D eigenvalue weighted by Gasteiger charge is 2.33. The molecule has 0 unspecified atom stereocenters. The van der Waals surface area contributed by atoms with E-state index in [2.05, 4.69) is 4.72 Å². The molecule has 0 atom stereocenters. The van der Waals surface area contributed by atoms with E-state index in [0.717, 1.165) is 0 Å². The van der Waals surface area contributed by atoms with E-state index in [1.165, 1.54) is 6.07 Å². The second-order valence-electron chi connectivity index (χ2n) is 5.08. The van der Waals surface area contributed by atoms with Gasteiger partial charge in [0.25, 0.3) is 0 Å². The van der Waals surface area contributed by atoms with E-state index in [0.29, 0.717) is 31.8 Å². The molecule has 0 bridgehead atoms. The molecule has 1 aliphatic rings. The van der Waals surface area contributed by atoms with Crippen LogP contribution >= 0.6 is 0 Å². The van der Waals surface area contributed by atoms with Gasteiger partial charge in [-0.25, -0.2) is 13.1 Å². The summed E-state index contributed by atoms with van der Waals surface area (Å²) in [7, 11) is -3.73. The number of nitrogens with two attached hydrogens (primary N) is 1. The maximum absolute atomic E-state index is 12.7. The summed E-state index contributed by atoms with van der Waals surface area (Å²) < 4.78 is 39.0. The Morgan fingerprint density at radius 2 is 1.90 bits per heavy atom. The van der Waals surface area contributed by atoms with Crippen LogP contribution in [0.25, 0.3) is 0 Å². The number of para-hydroxylation sites is 1. The molecule has 1 aromatic carbocycles. The van der Waals surface area contributed by atoms with Gasteiger partial charge in [-0.1, -0.05) is 19.9 Å². The number of hydrogen-bond donors (Lipinski definition) is 2. The lowest BCUT2D eigenvalue weighted by atomic mass is 9.95. The number of rotatable bonds is 6. The van der Waals surface area contributed by atoms with Crippen LogP contribution in [0.4, 0.5) is 0 Å². The van der Waals surface area contributed by atoms with Crippen molar-refractivity contribution in [2.45, 2.75) is 37.1 Å². The monoisotopic (exact) mass is 314 g/mol. The van der Waals surface area contributed by atoms with Gasteiger partial charge in [0.2, 0.25) is 10.0 Å². The minimum atomic E-state index is -3.73. The minimum absolute atomic E-state index is 0.0967. The molecular weight excluding hydrogens is 292 g/mol. The molecule has 0 amide bonds. The molecule has 1 heterocycles. The smallest absolute Gasteiger partial charge is 0.244 e. The molecule has 2 rings (SSSR count). The van der Waals surface area contributed by atoms with Gasteiger partial charge in [-0.3, -0.25) is 0 Å². The third kappa shape index (κ3) is 3.14. The first-order valence-electron chi connectivity index (χ1n) is 7.10. The standard InChI is InChI=1S/C14H22N2O4S/c1-3-14(4-2,10-15)16-21(17,18)12-7-5-6-11-13(12)20-9-8-19-11/h5-7,16H,3-4,8-10,15H2,1-2H3. The molecule has 3 N–H and O–H groups in total. The van der Waals surface area contributed by atoms with Gasteiger partial charge in [0, 0.05) is 12.1 Å². The van der Waals surface area contributed by atoms with Crippen LogP contribution in [0.3, 0.4) is 0 Å². The van der Waals surface area contributed by atoms with Gasteiger partial charge < -0.3 is 15.2 Å². The van der Waals surface area contributed by atoms with Gasteiger partial charge in [-0.15, -0.1) is 0 Å². The number of fused-ring (bicyclic) bond motifs is 1. The second kappa shape index (κ2) is 6.21. The van der Waals surface area contributed by atoms with Crippen LogP contribution in [0.1, 0.15) is 26.7 Å². The molecule has 0 saturated heterocycles. The van der Waals surface area contributed by atoms with Crippen LogP contribution in [0.2, 0.25) is 0 Å². The van der Waals surface area contributed by atoms with Crippen LogP contribution < -0.4 is 19.9 Å². The highest BCUT2D eigenvalue weighted by molar-refractivity contribution is 7.89. The Labute approximate surface area is 125 Å². The molecule has 0 radical (unpaired) electrons. The SMILES string of the molecule is CCC(CC)(CN)NS(=O)(=O)c1cccc2c1OCCO2. The fourth-order valence-corrected chi connectivity index (χ4v) is 4.04. The van der Waals surface area contributed by atoms with Crippen molar-refractivity contribution in [1.82, 2.24) is 4.72 Å². The molecule has 0 saturated carbocycles. The molecule has 0 spiro atoms. The minimum Gasteiger partial charge on any atom is -0.486 e. The number of nitrogens with one attached hydrogen (secondary N) is 1. The zero-order valence-corrected chi connectivity index (χ0v) is 13.2. The first kappa shape index (κ1) is 16.1. The molecule has 6 nitrogen and oxygen atoms in total. The Morgan fingerprint density at radius 3 is 2.52 bits per heavy atom. The molecule has 118 valence electrons. The second-order valence-corrected chi connectivity index (χ2v) is 6.73. The predicted molar refractivity (Wildman–Crippen MR) is 80.1 cm³/mol. The molecular formula is C14H22N2O4S. The van der Waals surface area contributed by atoms with Crippen molar-refractivity contribution in [3.05, 3.63) is 18.2 Å². The fourth-order valence-electron chi connectivity index (χ4n) is 2.32. The van der Waals surface area contributed by atoms with Crippen molar-refractivity contribution >= 4 is 10.0 Å². The summed E-state index contributed by atoms with van der Waals surface area (Å²) in [5, 5.41) is 0. The largest absolute Gasteiger partial charge is 0.486 e. The van der Waals surface area contributed by atoms with E-state index >= 15 is 0 Å². The Morgan fingerprint density at radius 1 is 1.24 bits per heavy atom. The zero-order valence-electron chi connectivity index (χ0n) is 12.4. The van der Waals surface area contributed by atoms with E-state index in [1.807, 2.05) is 13.8 Å². The maximum Gasteiger partial charge on any atom is 0.244 e. The van der Waals surface area contributed by atoms with E-state index in [-0.39, 0.29) is 17.2 Å². The number of sulfonamides is 1. The van der Waals surface area contributed by atoms with Gasteiger partial charge in [-0.2, -0.15) is 0 Å². The summed E-state index contributed by atoms with van der Waals surface area (Å²) in [5.41, 5.74) is 5.13. The normalized spacial score (nSPS) is 15.0. The quantitative estimate of drug-likeness (QED) is 0.825. The average Bonchev–Trinajstić information content (AvgIpc) is 2.52. The van der Waals surface area contributed by atoms with Crippen molar-refractivity contribution in [2.24, 2.45) is 5.73 Å². The van der Waals surface area contributed by atoms with Gasteiger partial charge in [-0.05, 0) is 25.0 Å². The summed E-state index contributed by atoms with van der Waals surface area (Å²) in [5.74, 6) is 0.727. The van der Waals surface area contributed by atoms with Gasteiger partial charge >= 0.3 is 0 Å². The van der Waals surface area contributed by atoms with Crippen LogP contribution in [-0.2, 0) is 10.0 Å². The highest BCUT2D eigenvalue weighted by atomic mass is 32.2. The topological polar surface area (TPSA) is 90.7 Å². The Kier molecular flexibility index (Phi) is 4.75. The van der Waals surface area contributed by atoms with Crippen molar-refractivity contribution < 1.29 is 17.9 Å². The van der Waals surface area contributed by atoms with Gasteiger partial charge in [0.1, 0.15) is 18.1 Å². The average molecular weight is 314 g/mol. The number of hydrogen-bond acceptors (Lipinski definition) is 5. The molecule has 0 aromatic heterocycles. The summed E-state index contributed by atoms with van der Waals surface area (Å²) in [6, 6.07) is 4.86. The number of ether oxygens (including phenoxy) is 2. The zero-order chi connectivity index (χ0) is 15.5. The van der Waals surface area contributed by atoms with Crippen LogP contribution in [0, 0.1) is 0 Å². The Balaban J connectivity index is 2.41. The predicted octanol–water partition coefficient (Wildman–Crippen LogP) is 1.25. The fraction of sp³-hybridized carbons (Fsp3) is 0.571. The first-order valence-corrected chi connectivity index (χ1v) is 8.59. The van der Waals surface area contributed by atoms with Crippen LogP contribution in [0.15, 0.2) is 23.1 Å². The van der Waals surface area contributed by atoms with Crippen molar-refractivity contribution in [3.63, 3.8) is 0 Å². The lowest BCUT2D eigenvalue weighted by Gasteiger charge is -2.31. The van der Waals surface area contributed by atoms with Crippen LogP contribution in [-0.4, -0.2) is 33.7 Å². The van der Waals surface area contributed by atoms with E-state index in [1.54, 1.807) is 12.1 Å². The van der Waals surface area contributed by atoms with Gasteiger partial charge in [0.15, 0.2) is 11.5 Å². The summed E-state index contributed by atoms with van der Waals surface area (Å²) in [6.07, 6.45) is 1.23. The summed E-state index contributed by atoms with van der Waals surface area (Å²) in [4.78, 5) is 0.0967. The lowest BCUT2D eigenvalue weighted by Crippen LogP contribution is -2.52. The third-order valence-corrected chi connectivity index (χ3v) is 5.52. The molecule has 21 heavy (non-hydrogen) atoms. The Bertz CT molecular complexity index is 589. The summed E-state index contributed by atoms with van der Waals surface area (Å²) in [6.45, 7) is 4.83. The van der Waals surface area contributed by atoms with Crippen molar-refractivity contribution in [1.29, 1.82) is 0 Å². The number of benzene rings is 1. The highest BCUT2D eigenvalue weighted by Crippen LogP contribution is 2.36. The van der Waals surface area contributed by atoms with Gasteiger partial charge in [0.05, 0.1) is 0 Å². The molecule has 0 aliphatic carbocycles. The summed E-state index contributed by atoms with van der Waals surface area (Å²) >= 11 is 0. The Hall–Kier alpha value is -1.31. The molecule has 0 fully saturated rings. The van der Waals surface area contributed by atoms with E-state index in [9.17, 15) is 8.42 Å². The third-order valence-electron chi connectivity index (χ3n) is 3.91. The maximum atomic E-state index is 12.7. The van der Waals surface area contributed by atoms with E-state index in [4.69, 9.17) is 15.2 Å². The van der Waals surface area contributed by atoms with Crippen molar-refractivity contribution in [2.75, 3.05) is 19.8 Å². The lowest BCUT2D eigenvalue weighted by molar-refractivity contribution is 0.167. The molecule has 7 heteroatoms. The molecule has 1 aromatic rings.